The zero-order chi connectivity index (χ0) is 12.0. The Hall–Kier alpha value is -1.62. The highest BCUT2D eigenvalue weighted by Crippen LogP contribution is 2.01. The molecule has 1 amide bonds. The number of carbonyl (C=O) groups is 1. The molecule has 1 aromatic carbocycles. The zero-order valence-electron chi connectivity index (χ0n) is 9.33. The second-order valence-corrected chi connectivity index (χ2v) is 3.71. The molecular weight excluding hydrogens is 222 g/mol. The fourth-order valence-corrected chi connectivity index (χ4v) is 1.29. The van der Waals surface area contributed by atoms with E-state index >= 15 is 0 Å². The molecule has 0 spiro atoms. The molecule has 0 saturated heterocycles. The van der Waals surface area contributed by atoms with Crippen molar-refractivity contribution < 1.29 is 4.79 Å². The predicted octanol–water partition coefficient (Wildman–Crippen LogP) is 1.12. The van der Waals surface area contributed by atoms with Gasteiger partial charge in [-0.05, 0) is 38.2 Å². The number of amides is 1. The van der Waals surface area contributed by atoms with Crippen molar-refractivity contribution in [1.82, 2.24) is 16.2 Å². The molecule has 0 heterocycles. The summed E-state index contributed by atoms with van der Waals surface area (Å²) in [5, 5.41) is 3.27. The van der Waals surface area contributed by atoms with Gasteiger partial charge in [-0.15, -0.1) is 0 Å². The number of hydrogen-bond donors (Lipinski definition) is 3. The van der Waals surface area contributed by atoms with Gasteiger partial charge in [0.2, 0.25) is 0 Å². The van der Waals surface area contributed by atoms with Crippen molar-refractivity contribution in [2.75, 3.05) is 6.54 Å². The average molecular weight is 237 g/mol. The number of carbonyl (C=O) groups excluding carboxylic acids is 1. The summed E-state index contributed by atoms with van der Waals surface area (Å²) in [6.45, 7) is 4.61. The van der Waals surface area contributed by atoms with E-state index in [0.29, 0.717) is 17.2 Å². The Morgan fingerprint density at radius 3 is 2.44 bits per heavy atom. The minimum atomic E-state index is -0.208. The lowest BCUT2D eigenvalue weighted by Gasteiger charge is -2.10. The summed E-state index contributed by atoms with van der Waals surface area (Å²) in [4.78, 5) is 11.6. The van der Waals surface area contributed by atoms with E-state index in [1.54, 1.807) is 12.1 Å². The minimum absolute atomic E-state index is 0.208. The number of aryl methyl sites for hydroxylation is 1. The van der Waals surface area contributed by atoms with Crippen molar-refractivity contribution in [3.05, 3.63) is 35.4 Å². The molecule has 0 aliphatic carbocycles. The van der Waals surface area contributed by atoms with Gasteiger partial charge in [0.25, 0.3) is 5.91 Å². The summed E-state index contributed by atoms with van der Waals surface area (Å²) < 4.78 is 0. The molecule has 0 aromatic heterocycles. The van der Waals surface area contributed by atoms with Gasteiger partial charge in [0.05, 0.1) is 0 Å². The lowest BCUT2D eigenvalue weighted by atomic mass is 10.1. The number of nitrogens with one attached hydrogen (secondary N) is 3. The zero-order valence-corrected chi connectivity index (χ0v) is 10.1. The van der Waals surface area contributed by atoms with Crippen molar-refractivity contribution in [2.24, 2.45) is 0 Å². The summed E-state index contributed by atoms with van der Waals surface area (Å²) in [7, 11) is 0. The third-order valence-corrected chi connectivity index (χ3v) is 2.19. The molecule has 5 heteroatoms. The van der Waals surface area contributed by atoms with Crippen LogP contribution in [0.1, 0.15) is 22.8 Å². The summed E-state index contributed by atoms with van der Waals surface area (Å²) in [5.41, 5.74) is 6.84. The van der Waals surface area contributed by atoms with E-state index in [9.17, 15) is 4.79 Å². The van der Waals surface area contributed by atoms with Crippen LogP contribution < -0.4 is 16.2 Å². The van der Waals surface area contributed by atoms with Crippen molar-refractivity contribution >= 4 is 23.2 Å². The first-order chi connectivity index (χ1) is 7.63. The normalized spacial score (nSPS) is 9.38. The SMILES string of the molecule is CCNC(=S)NNC(=O)c1ccc(C)cc1. The monoisotopic (exact) mass is 237 g/mol. The first-order valence-corrected chi connectivity index (χ1v) is 5.45. The van der Waals surface area contributed by atoms with E-state index in [1.807, 2.05) is 26.0 Å². The van der Waals surface area contributed by atoms with Crippen LogP contribution in [0.2, 0.25) is 0 Å². The maximum atomic E-state index is 11.6. The Balaban J connectivity index is 2.47. The molecule has 3 N–H and O–H groups in total. The van der Waals surface area contributed by atoms with Crippen LogP contribution in [0.25, 0.3) is 0 Å². The number of benzene rings is 1. The second-order valence-electron chi connectivity index (χ2n) is 3.30. The fraction of sp³-hybridized carbons (Fsp3) is 0.273. The predicted molar refractivity (Wildman–Crippen MR) is 68.1 cm³/mol. The average Bonchev–Trinajstić information content (AvgIpc) is 2.27. The van der Waals surface area contributed by atoms with Gasteiger partial charge in [0.1, 0.15) is 0 Å². The van der Waals surface area contributed by atoms with Gasteiger partial charge in [-0.25, -0.2) is 0 Å². The van der Waals surface area contributed by atoms with Crippen molar-refractivity contribution in [3.63, 3.8) is 0 Å². The van der Waals surface area contributed by atoms with E-state index in [4.69, 9.17) is 12.2 Å². The van der Waals surface area contributed by atoms with E-state index < -0.39 is 0 Å². The van der Waals surface area contributed by atoms with Crippen LogP contribution in [0, 0.1) is 6.92 Å². The highest BCUT2D eigenvalue weighted by Gasteiger charge is 2.04. The molecule has 1 rings (SSSR count). The maximum Gasteiger partial charge on any atom is 0.269 e. The van der Waals surface area contributed by atoms with Crippen LogP contribution in [0.3, 0.4) is 0 Å². The molecule has 0 saturated carbocycles. The van der Waals surface area contributed by atoms with Crippen LogP contribution in [0.5, 0.6) is 0 Å². The molecule has 16 heavy (non-hydrogen) atoms. The number of rotatable bonds is 2. The summed E-state index contributed by atoms with van der Waals surface area (Å²) in [6, 6.07) is 7.31. The van der Waals surface area contributed by atoms with E-state index in [2.05, 4.69) is 16.2 Å². The quantitative estimate of drug-likeness (QED) is 0.533. The fourth-order valence-electron chi connectivity index (χ4n) is 1.10. The molecule has 0 unspecified atom stereocenters. The van der Waals surface area contributed by atoms with Crippen LogP contribution in [-0.4, -0.2) is 17.6 Å². The van der Waals surface area contributed by atoms with Gasteiger partial charge < -0.3 is 5.32 Å². The third kappa shape index (κ3) is 3.86. The van der Waals surface area contributed by atoms with Crippen molar-refractivity contribution in [3.8, 4) is 0 Å². The van der Waals surface area contributed by atoms with Gasteiger partial charge in [0, 0.05) is 12.1 Å². The Morgan fingerprint density at radius 2 is 1.88 bits per heavy atom. The minimum Gasteiger partial charge on any atom is -0.362 e. The van der Waals surface area contributed by atoms with Crippen LogP contribution in [-0.2, 0) is 0 Å². The molecule has 1 aromatic rings. The van der Waals surface area contributed by atoms with Gasteiger partial charge in [-0.3, -0.25) is 15.6 Å². The van der Waals surface area contributed by atoms with Crippen LogP contribution in [0.4, 0.5) is 0 Å². The molecule has 0 atom stereocenters. The standard InChI is InChI=1S/C11H15N3OS/c1-3-12-11(16)14-13-10(15)9-6-4-8(2)5-7-9/h4-7H,3H2,1-2H3,(H,13,15)(H2,12,14,16). The molecule has 86 valence electrons. The highest BCUT2D eigenvalue weighted by molar-refractivity contribution is 7.80. The number of hydrazine groups is 1. The summed E-state index contributed by atoms with van der Waals surface area (Å²) in [5.74, 6) is -0.208. The first kappa shape index (κ1) is 12.4. The highest BCUT2D eigenvalue weighted by atomic mass is 32.1. The van der Waals surface area contributed by atoms with Gasteiger partial charge >= 0.3 is 0 Å². The van der Waals surface area contributed by atoms with E-state index in [0.717, 1.165) is 5.56 Å². The smallest absolute Gasteiger partial charge is 0.269 e. The van der Waals surface area contributed by atoms with E-state index in [1.165, 1.54) is 0 Å². The molecule has 0 bridgehead atoms. The lowest BCUT2D eigenvalue weighted by molar-refractivity contribution is 0.0943. The Morgan fingerprint density at radius 1 is 1.25 bits per heavy atom. The Bertz CT molecular complexity index is 375. The maximum absolute atomic E-state index is 11.6. The van der Waals surface area contributed by atoms with E-state index in [-0.39, 0.29) is 5.91 Å². The van der Waals surface area contributed by atoms with Crippen LogP contribution >= 0.6 is 12.2 Å². The number of hydrogen-bond acceptors (Lipinski definition) is 2. The number of thiocarbonyl (C=S) groups is 1. The van der Waals surface area contributed by atoms with Gasteiger partial charge in [-0.1, -0.05) is 17.7 Å². The summed E-state index contributed by atoms with van der Waals surface area (Å²) in [6.07, 6.45) is 0. The van der Waals surface area contributed by atoms with Crippen molar-refractivity contribution in [1.29, 1.82) is 0 Å². The lowest BCUT2D eigenvalue weighted by Crippen LogP contribution is -2.46. The van der Waals surface area contributed by atoms with Crippen LogP contribution in [0.15, 0.2) is 24.3 Å². The molecular formula is C11H15N3OS. The largest absolute Gasteiger partial charge is 0.362 e. The van der Waals surface area contributed by atoms with Gasteiger partial charge in [-0.2, -0.15) is 0 Å². The van der Waals surface area contributed by atoms with Crippen molar-refractivity contribution in [2.45, 2.75) is 13.8 Å². The molecule has 0 radical (unpaired) electrons. The molecule has 0 aliphatic heterocycles. The summed E-state index contributed by atoms with van der Waals surface area (Å²) >= 11 is 4.91. The molecule has 0 aliphatic rings. The second kappa shape index (κ2) is 6.07. The van der Waals surface area contributed by atoms with Gasteiger partial charge in [0.15, 0.2) is 5.11 Å². The topological polar surface area (TPSA) is 53.2 Å². The molecule has 4 nitrogen and oxygen atoms in total. The third-order valence-electron chi connectivity index (χ3n) is 1.94. The molecule has 0 fully saturated rings. The first-order valence-electron chi connectivity index (χ1n) is 5.04. The Kier molecular flexibility index (Phi) is 4.72. The Labute approximate surface area is 100 Å².